The first-order chi connectivity index (χ1) is 16.5. The van der Waals surface area contributed by atoms with Crippen LogP contribution in [0.1, 0.15) is 5.56 Å². The molecule has 7 nitrogen and oxygen atoms in total. The summed E-state index contributed by atoms with van der Waals surface area (Å²) in [6.45, 7) is -0.192. The second kappa shape index (κ2) is 7.55. The summed E-state index contributed by atoms with van der Waals surface area (Å²) in [5.74, 6) is 1.32. The Morgan fingerprint density at radius 1 is 0.882 bits per heavy atom. The van der Waals surface area contributed by atoms with E-state index in [-0.39, 0.29) is 6.79 Å². The zero-order chi connectivity index (χ0) is 23.3. The third kappa shape index (κ3) is 3.49. The normalized spacial score (nSPS) is 12.1. The maximum absolute atomic E-state index is 12.9. The summed E-state index contributed by atoms with van der Waals surface area (Å²) in [7, 11) is 0. The zero-order valence-corrected chi connectivity index (χ0v) is 17.5. The van der Waals surface area contributed by atoms with Crippen molar-refractivity contribution in [3.05, 3.63) is 84.9 Å². The van der Waals surface area contributed by atoms with E-state index < -0.39 is 11.7 Å². The first-order valence-electron chi connectivity index (χ1n) is 10.3. The number of aromatic nitrogens is 5. The van der Waals surface area contributed by atoms with Crippen molar-refractivity contribution in [2.24, 2.45) is 0 Å². The molecule has 0 unspecified atom stereocenters. The lowest BCUT2D eigenvalue weighted by Gasteiger charge is -2.18. The molecule has 4 aromatic heterocycles. The number of nitrogens with one attached hydrogen (secondary N) is 1. The van der Waals surface area contributed by atoms with E-state index in [9.17, 15) is 13.2 Å². The van der Waals surface area contributed by atoms with Gasteiger partial charge in [0.05, 0.1) is 22.8 Å². The zero-order valence-electron chi connectivity index (χ0n) is 17.5. The van der Waals surface area contributed by atoms with Gasteiger partial charge in [0.25, 0.3) is 6.79 Å². The van der Waals surface area contributed by atoms with Gasteiger partial charge in [-0.05, 0) is 53.9 Å². The van der Waals surface area contributed by atoms with Crippen molar-refractivity contribution in [1.82, 2.24) is 24.5 Å². The Balaban J connectivity index is 1.17. The number of alkyl halides is 3. The molecule has 1 N–H and O–H groups in total. The van der Waals surface area contributed by atoms with E-state index in [1.54, 1.807) is 24.7 Å². The van der Waals surface area contributed by atoms with Gasteiger partial charge in [0.1, 0.15) is 17.1 Å². The number of fused-ring (bicyclic) bond motifs is 3. The van der Waals surface area contributed by atoms with E-state index in [0.717, 1.165) is 44.5 Å². The Kier molecular flexibility index (Phi) is 4.47. The lowest BCUT2D eigenvalue weighted by molar-refractivity contribution is -0.137. The molecule has 170 valence electrons. The van der Waals surface area contributed by atoms with Gasteiger partial charge >= 0.3 is 6.18 Å². The number of H-pyrrole nitrogens is 1. The largest absolute Gasteiger partial charge is 0.455 e. The van der Waals surface area contributed by atoms with E-state index >= 15 is 0 Å². The Morgan fingerprint density at radius 3 is 2.68 bits per heavy atom. The number of ether oxygens (including phenoxy) is 1. The molecule has 10 heteroatoms. The van der Waals surface area contributed by atoms with E-state index in [2.05, 4.69) is 15.1 Å². The molecule has 0 saturated carbocycles. The van der Waals surface area contributed by atoms with Crippen LogP contribution in [0.2, 0.25) is 0 Å². The molecular formula is C24H16F3N5O2. The summed E-state index contributed by atoms with van der Waals surface area (Å²) in [4.78, 5) is 15.3. The van der Waals surface area contributed by atoms with Crippen molar-refractivity contribution in [2.45, 2.75) is 6.18 Å². The van der Waals surface area contributed by atoms with Crippen LogP contribution in [0.3, 0.4) is 0 Å². The lowest BCUT2D eigenvalue weighted by atomic mass is 10.1. The van der Waals surface area contributed by atoms with Crippen LogP contribution in [0.25, 0.3) is 38.5 Å². The van der Waals surface area contributed by atoms with E-state index in [4.69, 9.17) is 9.57 Å². The summed E-state index contributed by atoms with van der Waals surface area (Å²) in [5, 5.41) is 5.72. The molecule has 2 aromatic carbocycles. The maximum Gasteiger partial charge on any atom is 0.416 e. The predicted octanol–water partition coefficient (Wildman–Crippen LogP) is 5.34. The van der Waals surface area contributed by atoms with Gasteiger partial charge in [-0.3, -0.25) is 14.6 Å². The number of halogens is 3. The number of pyridine rings is 2. The Bertz CT molecular complexity index is 1650. The van der Waals surface area contributed by atoms with Crippen LogP contribution in [0.5, 0.6) is 5.75 Å². The number of rotatable bonds is 5. The molecule has 6 rings (SSSR count). The van der Waals surface area contributed by atoms with Crippen LogP contribution in [-0.4, -0.2) is 31.3 Å². The molecule has 0 aliphatic carbocycles. The second-order valence-corrected chi connectivity index (χ2v) is 7.70. The van der Waals surface area contributed by atoms with Crippen molar-refractivity contribution in [1.29, 1.82) is 0 Å². The average molecular weight is 463 g/mol. The first-order valence-corrected chi connectivity index (χ1v) is 10.3. The third-order valence-electron chi connectivity index (χ3n) is 5.59. The van der Waals surface area contributed by atoms with Gasteiger partial charge in [-0.1, -0.05) is 6.07 Å². The lowest BCUT2D eigenvalue weighted by Crippen LogP contribution is -2.24. The minimum Gasteiger partial charge on any atom is -0.455 e. The molecular weight excluding hydrogens is 447 g/mol. The van der Waals surface area contributed by atoms with Gasteiger partial charge in [0, 0.05) is 29.4 Å². The number of hydrogen-bond acceptors (Lipinski definition) is 4. The molecule has 0 atom stereocenters. The molecule has 0 aliphatic rings. The monoisotopic (exact) mass is 463 g/mol. The van der Waals surface area contributed by atoms with Crippen molar-refractivity contribution < 1.29 is 22.7 Å². The fraction of sp³-hybridized carbons (Fsp3) is 0.0833. The molecule has 0 spiro atoms. The standard InChI is InChI=1S/C24H16F3N5O2/c25-24(26,27)18-2-4-20-21(11-18)32(30-20)34-14-33-19-3-1-16-10-23(29-12-17(16)9-19)31-8-6-15-5-7-28-13-22(15)31/h1-13,30H,14H2. The highest BCUT2D eigenvalue weighted by Crippen LogP contribution is 2.31. The minimum atomic E-state index is -4.42. The van der Waals surface area contributed by atoms with Gasteiger partial charge < -0.3 is 9.57 Å². The number of hydrogen-bond donors (Lipinski definition) is 1. The van der Waals surface area contributed by atoms with Crippen molar-refractivity contribution in [3.8, 4) is 11.6 Å². The summed E-state index contributed by atoms with van der Waals surface area (Å²) in [5.41, 5.74) is 1.07. The predicted molar refractivity (Wildman–Crippen MR) is 120 cm³/mol. The highest BCUT2D eigenvalue weighted by molar-refractivity contribution is 5.86. The maximum atomic E-state index is 12.9. The molecule has 0 radical (unpaired) electrons. The summed E-state index contributed by atoms with van der Waals surface area (Å²) in [6.07, 6.45) is 2.84. The topological polar surface area (TPSA) is 69.9 Å². The number of aromatic amines is 1. The van der Waals surface area contributed by atoms with Gasteiger partial charge in [0.2, 0.25) is 0 Å². The smallest absolute Gasteiger partial charge is 0.416 e. The fourth-order valence-electron chi connectivity index (χ4n) is 3.84. The molecule has 4 heterocycles. The molecule has 0 bridgehead atoms. The molecule has 6 aromatic rings. The van der Waals surface area contributed by atoms with E-state index in [1.165, 1.54) is 6.07 Å². The molecule has 0 aliphatic heterocycles. The molecule has 0 amide bonds. The number of nitrogens with zero attached hydrogens (tertiary/aromatic N) is 4. The van der Waals surface area contributed by atoms with Gasteiger partial charge in [-0.2, -0.15) is 13.2 Å². The second-order valence-electron chi connectivity index (χ2n) is 7.70. The third-order valence-corrected chi connectivity index (χ3v) is 5.59. The van der Waals surface area contributed by atoms with Crippen LogP contribution >= 0.6 is 0 Å². The van der Waals surface area contributed by atoms with Crippen LogP contribution in [0.15, 0.2) is 79.4 Å². The first kappa shape index (κ1) is 20.2. The summed E-state index contributed by atoms with van der Waals surface area (Å²) in [6, 6.07) is 14.9. The highest BCUT2D eigenvalue weighted by Gasteiger charge is 2.31. The van der Waals surface area contributed by atoms with Crippen molar-refractivity contribution in [2.75, 3.05) is 6.79 Å². The molecule has 0 saturated heterocycles. The van der Waals surface area contributed by atoms with Crippen LogP contribution in [-0.2, 0) is 6.18 Å². The Labute approximate surface area is 189 Å². The quantitative estimate of drug-likeness (QED) is 0.351. The van der Waals surface area contributed by atoms with E-state index in [1.807, 2.05) is 41.1 Å². The van der Waals surface area contributed by atoms with Gasteiger partial charge in [-0.15, -0.1) is 4.85 Å². The van der Waals surface area contributed by atoms with Crippen LogP contribution < -0.4 is 9.57 Å². The molecule has 34 heavy (non-hydrogen) atoms. The average Bonchev–Trinajstić information content (AvgIpc) is 3.25. The molecule has 0 fully saturated rings. The van der Waals surface area contributed by atoms with E-state index in [0.29, 0.717) is 16.8 Å². The summed E-state index contributed by atoms with van der Waals surface area (Å²) >= 11 is 0. The highest BCUT2D eigenvalue weighted by atomic mass is 19.4. The number of benzene rings is 2. The Hall–Kier alpha value is -4.47. The minimum absolute atomic E-state index is 0.192. The summed E-state index contributed by atoms with van der Waals surface area (Å²) < 4.78 is 46.3. The van der Waals surface area contributed by atoms with Crippen molar-refractivity contribution in [3.63, 3.8) is 0 Å². The SMILES string of the molecule is FC(F)(F)c1ccc2[nH]n(OCOc3ccc4cc(-n5ccc6ccncc65)ncc4c3)c2c1. The van der Waals surface area contributed by atoms with Crippen LogP contribution in [0.4, 0.5) is 13.2 Å². The van der Waals surface area contributed by atoms with Crippen molar-refractivity contribution >= 4 is 32.7 Å². The Morgan fingerprint density at radius 2 is 1.79 bits per heavy atom. The fourth-order valence-corrected chi connectivity index (χ4v) is 3.84. The van der Waals surface area contributed by atoms with Gasteiger partial charge in [-0.25, -0.2) is 4.98 Å². The van der Waals surface area contributed by atoms with Crippen LogP contribution in [0, 0.1) is 0 Å². The van der Waals surface area contributed by atoms with Gasteiger partial charge in [0.15, 0.2) is 0 Å².